The fraction of sp³-hybridized carbons (Fsp3) is 0.267. The SMILES string of the molecule is Cc1cc(-c2nc(-c3ccc4c(c3)CCC4NC3CC(C(=O)O)C3)no2)ccc1-c1cc(F)ccc1C#N. The van der Waals surface area contributed by atoms with Crippen LogP contribution in [-0.2, 0) is 11.2 Å². The Morgan fingerprint density at radius 1 is 1.11 bits per heavy atom. The number of carboxylic acid groups (broad SMARTS) is 1. The number of nitrogens with one attached hydrogen (secondary N) is 1. The summed E-state index contributed by atoms with van der Waals surface area (Å²) in [6, 6.07) is 18.5. The van der Waals surface area contributed by atoms with Gasteiger partial charge in [-0.1, -0.05) is 23.4 Å². The molecule has 0 radical (unpaired) electrons. The predicted octanol–water partition coefficient (Wildman–Crippen LogP) is 5.83. The number of aliphatic carboxylic acids is 1. The number of aromatic nitrogens is 2. The smallest absolute Gasteiger partial charge is 0.306 e. The van der Waals surface area contributed by atoms with Gasteiger partial charge < -0.3 is 14.9 Å². The van der Waals surface area contributed by atoms with Crippen LogP contribution in [0, 0.1) is 30.0 Å². The zero-order valence-corrected chi connectivity index (χ0v) is 20.7. The van der Waals surface area contributed by atoms with Crippen molar-refractivity contribution in [2.75, 3.05) is 0 Å². The molecule has 1 aromatic heterocycles. The lowest BCUT2D eigenvalue weighted by Crippen LogP contribution is -2.45. The van der Waals surface area contributed by atoms with E-state index in [1.807, 2.05) is 31.2 Å². The maximum Gasteiger partial charge on any atom is 0.306 e. The lowest BCUT2D eigenvalue weighted by atomic mass is 9.80. The number of benzene rings is 3. The summed E-state index contributed by atoms with van der Waals surface area (Å²) in [5.41, 5.74) is 6.70. The van der Waals surface area contributed by atoms with E-state index >= 15 is 0 Å². The van der Waals surface area contributed by atoms with Crippen LogP contribution in [0.2, 0.25) is 0 Å². The molecule has 8 heteroatoms. The van der Waals surface area contributed by atoms with E-state index in [2.05, 4.69) is 33.7 Å². The first-order chi connectivity index (χ1) is 18.4. The number of nitriles is 1. The lowest BCUT2D eigenvalue weighted by molar-refractivity contribution is -0.145. The number of aryl methyl sites for hydroxylation is 2. The lowest BCUT2D eigenvalue weighted by Gasteiger charge is -2.35. The number of rotatable bonds is 6. The van der Waals surface area contributed by atoms with Crippen LogP contribution in [0.5, 0.6) is 0 Å². The molecule has 1 saturated carbocycles. The summed E-state index contributed by atoms with van der Waals surface area (Å²) in [7, 11) is 0. The van der Waals surface area contributed by atoms with E-state index in [1.165, 1.54) is 29.3 Å². The monoisotopic (exact) mass is 508 g/mol. The molecular weight excluding hydrogens is 483 g/mol. The van der Waals surface area contributed by atoms with E-state index in [-0.39, 0.29) is 18.0 Å². The number of fused-ring (bicyclic) bond motifs is 1. The van der Waals surface area contributed by atoms with Gasteiger partial charge in [0, 0.05) is 28.8 Å². The van der Waals surface area contributed by atoms with Gasteiger partial charge in [-0.25, -0.2) is 4.39 Å². The van der Waals surface area contributed by atoms with Crippen LogP contribution in [-0.4, -0.2) is 27.3 Å². The first kappa shape index (κ1) is 24.0. The summed E-state index contributed by atoms with van der Waals surface area (Å²) in [5.74, 6) is -0.437. The van der Waals surface area contributed by atoms with Crippen LogP contribution < -0.4 is 5.32 Å². The van der Waals surface area contributed by atoms with Crippen molar-refractivity contribution in [3.8, 4) is 40.0 Å². The molecule has 1 heterocycles. The van der Waals surface area contributed by atoms with Crippen molar-refractivity contribution >= 4 is 5.97 Å². The summed E-state index contributed by atoms with van der Waals surface area (Å²) in [4.78, 5) is 15.7. The molecule has 0 amide bonds. The molecule has 4 aromatic rings. The van der Waals surface area contributed by atoms with Crippen LogP contribution in [0.3, 0.4) is 0 Å². The zero-order valence-electron chi connectivity index (χ0n) is 20.7. The molecule has 38 heavy (non-hydrogen) atoms. The summed E-state index contributed by atoms with van der Waals surface area (Å²) in [6.45, 7) is 1.90. The molecule has 3 aromatic carbocycles. The fourth-order valence-corrected chi connectivity index (χ4v) is 5.56. The molecule has 1 fully saturated rings. The number of carbonyl (C=O) groups is 1. The van der Waals surface area contributed by atoms with Crippen molar-refractivity contribution in [1.29, 1.82) is 5.26 Å². The highest BCUT2D eigenvalue weighted by Crippen LogP contribution is 2.37. The van der Waals surface area contributed by atoms with E-state index in [0.717, 1.165) is 35.1 Å². The first-order valence-corrected chi connectivity index (χ1v) is 12.7. The van der Waals surface area contributed by atoms with Gasteiger partial charge in [-0.05, 0) is 91.3 Å². The second kappa shape index (κ2) is 9.51. The van der Waals surface area contributed by atoms with Crippen LogP contribution >= 0.6 is 0 Å². The maximum absolute atomic E-state index is 13.9. The Hall–Kier alpha value is -4.35. The zero-order chi connectivity index (χ0) is 26.4. The Labute approximate surface area is 218 Å². The third-order valence-electron chi connectivity index (χ3n) is 7.69. The first-order valence-electron chi connectivity index (χ1n) is 12.7. The Bertz CT molecular complexity index is 1600. The highest BCUT2D eigenvalue weighted by Gasteiger charge is 2.36. The second-order valence-corrected chi connectivity index (χ2v) is 10.1. The third-order valence-corrected chi connectivity index (χ3v) is 7.69. The average Bonchev–Trinajstić information content (AvgIpc) is 3.53. The van der Waals surface area contributed by atoms with Gasteiger partial charge in [0.2, 0.25) is 5.82 Å². The van der Waals surface area contributed by atoms with Crippen LogP contribution in [0.4, 0.5) is 4.39 Å². The minimum absolute atomic E-state index is 0.223. The highest BCUT2D eigenvalue weighted by molar-refractivity contribution is 5.76. The van der Waals surface area contributed by atoms with Crippen LogP contribution in [0.1, 0.15) is 47.6 Å². The van der Waals surface area contributed by atoms with Gasteiger partial charge >= 0.3 is 5.97 Å². The fourth-order valence-electron chi connectivity index (χ4n) is 5.56. The molecule has 1 unspecified atom stereocenters. The standard InChI is InChI=1S/C30H25FN4O3/c1-16-10-19(4-7-24(16)26-14-22(31)6-2-20(26)15-32)29-34-28(35-38-29)18-3-8-25-17(11-18)5-9-27(25)33-23-12-21(13-23)30(36)37/h2-4,6-8,10-11,14,21,23,27,33H,5,9,12-13H2,1H3,(H,36,37). The van der Waals surface area contributed by atoms with Crippen molar-refractivity contribution in [2.45, 2.75) is 44.7 Å². The van der Waals surface area contributed by atoms with Crippen LogP contribution in [0.25, 0.3) is 34.0 Å². The summed E-state index contributed by atoms with van der Waals surface area (Å²) >= 11 is 0. The number of carboxylic acids is 1. The molecule has 0 spiro atoms. The topological polar surface area (TPSA) is 112 Å². The number of nitrogens with zero attached hydrogens (tertiary/aromatic N) is 3. The molecule has 2 aliphatic carbocycles. The molecule has 7 nitrogen and oxygen atoms in total. The Kier molecular flexibility index (Phi) is 6.01. The summed E-state index contributed by atoms with van der Waals surface area (Å²) < 4.78 is 19.4. The van der Waals surface area contributed by atoms with Crippen molar-refractivity contribution in [3.05, 3.63) is 82.7 Å². The molecule has 190 valence electrons. The molecule has 2 N–H and O–H groups in total. The van der Waals surface area contributed by atoms with Gasteiger partial charge in [0.05, 0.1) is 17.6 Å². The maximum atomic E-state index is 13.9. The Morgan fingerprint density at radius 2 is 1.92 bits per heavy atom. The Morgan fingerprint density at radius 3 is 2.68 bits per heavy atom. The quantitative estimate of drug-likeness (QED) is 0.337. The van der Waals surface area contributed by atoms with E-state index in [1.54, 1.807) is 0 Å². The molecule has 6 rings (SSSR count). The van der Waals surface area contributed by atoms with Crippen molar-refractivity contribution in [1.82, 2.24) is 15.5 Å². The van der Waals surface area contributed by atoms with Gasteiger partial charge in [0.1, 0.15) is 5.82 Å². The number of hydrogen-bond acceptors (Lipinski definition) is 6. The molecule has 0 saturated heterocycles. The summed E-state index contributed by atoms with van der Waals surface area (Å²) in [6.07, 6.45) is 3.29. The van der Waals surface area contributed by atoms with Gasteiger partial charge in [-0.15, -0.1) is 0 Å². The third kappa shape index (κ3) is 4.35. The van der Waals surface area contributed by atoms with Gasteiger partial charge in [-0.3, -0.25) is 4.79 Å². The average molecular weight is 509 g/mol. The normalized spacial score (nSPS) is 20.0. The van der Waals surface area contributed by atoms with Crippen molar-refractivity contribution in [2.24, 2.45) is 5.92 Å². The second-order valence-electron chi connectivity index (χ2n) is 10.1. The van der Waals surface area contributed by atoms with Crippen LogP contribution in [0.15, 0.2) is 59.1 Å². The van der Waals surface area contributed by atoms with Gasteiger partial charge in [0.15, 0.2) is 0 Å². The highest BCUT2D eigenvalue weighted by atomic mass is 19.1. The van der Waals surface area contributed by atoms with E-state index in [0.29, 0.717) is 35.7 Å². The number of hydrogen-bond donors (Lipinski definition) is 2. The molecule has 2 aliphatic rings. The van der Waals surface area contributed by atoms with E-state index < -0.39 is 11.8 Å². The predicted molar refractivity (Wildman–Crippen MR) is 138 cm³/mol. The largest absolute Gasteiger partial charge is 0.481 e. The molecule has 1 atom stereocenters. The van der Waals surface area contributed by atoms with Gasteiger partial charge in [0.25, 0.3) is 5.89 Å². The molecule has 0 aliphatic heterocycles. The molecular formula is C30H25FN4O3. The molecule has 0 bridgehead atoms. The Balaban J connectivity index is 1.20. The van der Waals surface area contributed by atoms with E-state index in [9.17, 15) is 14.4 Å². The minimum Gasteiger partial charge on any atom is -0.481 e. The number of halogens is 1. The van der Waals surface area contributed by atoms with E-state index in [4.69, 9.17) is 9.63 Å². The van der Waals surface area contributed by atoms with Crippen molar-refractivity contribution < 1.29 is 18.8 Å². The minimum atomic E-state index is -0.704. The van der Waals surface area contributed by atoms with Crippen molar-refractivity contribution in [3.63, 3.8) is 0 Å². The van der Waals surface area contributed by atoms with Gasteiger partial charge in [-0.2, -0.15) is 10.2 Å². The summed E-state index contributed by atoms with van der Waals surface area (Å²) in [5, 5.41) is 26.4.